The third-order valence-corrected chi connectivity index (χ3v) is 1.86. The molecule has 80 valence electrons. The summed E-state index contributed by atoms with van der Waals surface area (Å²) in [6, 6.07) is 1.61. The number of aromatic carboxylic acids is 1. The Hall–Kier alpha value is -1.84. The number of carbonyl (C=O) groups is 1. The normalized spacial score (nSPS) is 9.73. The molecular formula is C11H13NO3. The highest BCUT2D eigenvalue weighted by Crippen LogP contribution is 2.22. The third kappa shape index (κ3) is 2.56. The van der Waals surface area contributed by atoms with E-state index in [9.17, 15) is 4.79 Å². The summed E-state index contributed by atoms with van der Waals surface area (Å²) in [5.41, 5.74) is 1.31. The molecular weight excluding hydrogens is 194 g/mol. The predicted molar refractivity (Wildman–Crippen MR) is 56.4 cm³/mol. The van der Waals surface area contributed by atoms with E-state index in [-0.39, 0.29) is 12.2 Å². The van der Waals surface area contributed by atoms with Crippen molar-refractivity contribution in [1.82, 2.24) is 4.98 Å². The highest BCUT2D eigenvalue weighted by molar-refractivity contribution is 5.92. The maximum atomic E-state index is 11.0. The van der Waals surface area contributed by atoms with Crippen molar-refractivity contribution in [3.05, 3.63) is 35.7 Å². The summed E-state index contributed by atoms with van der Waals surface area (Å²) in [6.07, 6.45) is 1.57. The monoisotopic (exact) mass is 207 g/mol. The average molecular weight is 207 g/mol. The molecule has 4 nitrogen and oxygen atoms in total. The predicted octanol–water partition coefficient (Wildman–Crippen LogP) is 1.96. The molecule has 0 unspecified atom stereocenters. The number of rotatable bonds is 4. The Balaban J connectivity index is 3.20. The Morgan fingerprint density at radius 3 is 2.87 bits per heavy atom. The lowest BCUT2D eigenvalue weighted by Gasteiger charge is -2.10. The second-order valence-corrected chi connectivity index (χ2v) is 3.13. The molecule has 0 aliphatic carbocycles. The molecule has 1 heterocycles. The van der Waals surface area contributed by atoms with Gasteiger partial charge in [0.1, 0.15) is 17.9 Å². The van der Waals surface area contributed by atoms with Crippen LogP contribution in [0.5, 0.6) is 5.75 Å². The lowest BCUT2D eigenvalue weighted by molar-refractivity contribution is 0.0691. The van der Waals surface area contributed by atoms with E-state index in [0.717, 1.165) is 5.69 Å². The minimum Gasteiger partial charge on any atom is -0.489 e. The van der Waals surface area contributed by atoms with Gasteiger partial charge >= 0.3 is 5.97 Å². The summed E-state index contributed by atoms with van der Waals surface area (Å²) in [7, 11) is 0. The molecule has 0 fully saturated rings. The Kier molecular flexibility index (Phi) is 3.44. The summed E-state index contributed by atoms with van der Waals surface area (Å²) in [6.45, 7) is 7.23. The maximum absolute atomic E-state index is 11.0. The van der Waals surface area contributed by atoms with Crippen molar-refractivity contribution in [2.45, 2.75) is 13.8 Å². The van der Waals surface area contributed by atoms with Crippen molar-refractivity contribution >= 4 is 5.97 Å². The molecule has 0 spiro atoms. The fourth-order valence-electron chi connectivity index (χ4n) is 1.32. The van der Waals surface area contributed by atoms with Gasteiger partial charge in [0.2, 0.25) is 0 Å². The van der Waals surface area contributed by atoms with Gasteiger partial charge in [-0.05, 0) is 13.8 Å². The van der Waals surface area contributed by atoms with Crippen LogP contribution in [-0.2, 0) is 0 Å². The second-order valence-electron chi connectivity index (χ2n) is 3.13. The first-order valence-corrected chi connectivity index (χ1v) is 4.51. The molecule has 0 aliphatic heterocycles. The smallest absolute Gasteiger partial charge is 0.341 e. The molecule has 0 aliphatic rings. The SMILES string of the molecule is C=CCOc1cc(C)nc(C)c1C(=O)O. The first kappa shape index (κ1) is 11.2. The summed E-state index contributed by atoms with van der Waals surface area (Å²) in [5, 5.41) is 8.99. The number of hydrogen-bond acceptors (Lipinski definition) is 3. The first-order valence-electron chi connectivity index (χ1n) is 4.51. The first-order chi connectivity index (χ1) is 7.06. The van der Waals surface area contributed by atoms with Gasteiger partial charge in [-0.1, -0.05) is 12.7 Å². The molecule has 15 heavy (non-hydrogen) atoms. The van der Waals surface area contributed by atoms with Gasteiger partial charge < -0.3 is 9.84 Å². The number of pyridine rings is 1. The zero-order valence-corrected chi connectivity index (χ0v) is 8.78. The lowest BCUT2D eigenvalue weighted by Crippen LogP contribution is -2.07. The third-order valence-electron chi connectivity index (χ3n) is 1.86. The van der Waals surface area contributed by atoms with E-state index in [1.807, 2.05) is 0 Å². The highest BCUT2D eigenvalue weighted by atomic mass is 16.5. The Morgan fingerprint density at radius 1 is 1.67 bits per heavy atom. The minimum absolute atomic E-state index is 0.113. The van der Waals surface area contributed by atoms with Crippen molar-refractivity contribution in [1.29, 1.82) is 0 Å². The standard InChI is InChI=1S/C11H13NO3/c1-4-5-15-9-6-7(2)12-8(3)10(9)11(13)14/h4,6H,1,5H2,2-3H3,(H,13,14). The zero-order chi connectivity index (χ0) is 11.4. The molecule has 4 heteroatoms. The molecule has 1 aromatic heterocycles. The number of nitrogens with zero attached hydrogens (tertiary/aromatic N) is 1. The second kappa shape index (κ2) is 4.59. The van der Waals surface area contributed by atoms with Crippen LogP contribution in [0.2, 0.25) is 0 Å². The average Bonchev–Trinajstić information content (AvgIpc) is 2.12. The molecule has 1 N–H and O–H groups in total. The molecule has 0 amide bonds. The van der Waals surface area contributed by atoms with Gasteiger partial charge in [-0.3, -0.25) is 4.98 Å². The quantitative estimate of drug-likeness (QED) is 0.767. The zero-order valence-electron chi connectivity index (χ0n) is 8.78. The van der Waals surface area contributed by atoms with Crippen molar-refractivity contribution in [3.63, 3.8) is 0 Å². The van der Waals surface area contributed by atoms with Gasteiger partial charge in [-0.2, -0.15) is 0 Å². The van der Waals surface area contributed by atoms with Crippen molar-refractivity contribution in [2.75, 3.05) is 6.61 Å². The van der Waals surface area contributed by atoms with Crippen LogP contribution >= 0.6 is 0 Å². The van der Waals surface area contributed by atoms with Gasteiger partial charge in [0.15, 0.2) is 0 Å². The van der Waals surface area contributed by atoms with Crippen LogP contribution in [0.4, 0.5) is 0 Å². The van der Waals surface area contributed by atoms with E-state index in [2.05, 4.69) is 11.6 Å². The molecule has 0 aromatic carbocycles. The molecule has 0 bridgehead atoms. The van der Waals surface area contributed by atoms with E-state index in [0.29, 0.717) is 11.4 Å². The van der Waals surface area contributed by atoms with Gasteiger partial charge in [0.05, 0.1) is 5.69 Å². The molecule has 0 radical (unpaired) electrons. The van der Waals surface area contributed by atoms with Gasteiger partial charge in [0, 0.05) is 11.8 Å². The Bertz CT molecular complexity index is 399. The van der Waals surface area contributed by atoms with E-state index in [1.165, 1.54) is 0 Å². The van der Waals surface area contributed by atoms with Crippen LogP contribution in [0.15, 0.2) is 18.7 Å². The summed E-state index contributed by atoms with van der Waals surface area (Å²) in [5.74, 6) is -0.688. The number of carboxylic acids is 1. The van der Waals surface area contributed by atoms with Crippen LogP contribution in [-0.4, -0.2) is 22.7 Å². The largest absolute Gasteiger partial charge is 0.489 e. The number of carboxylic acid groups (broad SMARTS) is 1. The van der Waals surface area contributed by atoms with Crippen LogP contribution in [0, 0.1) is 13.8 Å². The van der Waals surface area contributed by atoms with E-state index < -0.39 is 5.97 Å². The highest BCUT2D eigenvalue weighted by Gasteiger charge is 2.16. The number of aryl methyl sites for hydroxylation is 2. The van der Waals surface area contributed by atoms with E-state index in [4.69, 9.17) is 9.84 Å². The van der Waals surface area contributed by atoms with Crippen LogP contribution < -0.4 is 4.74 Å². The Morgan fingerprint density at radius 2 is 2.33 bits per heavy atom. The fraction of sp³-hybridized carbons (Fsp3) is 0.273. The van der Waals surface area contributed by atoms with Gasteiger partial charge in [-0.15, -0.1) is 0 Å². The van der Waals surface area contributed by atoms with Crippen LogP contribution in [0.1, 0.15) is 21.7 Å². The fourth-order valence-corrected chi connectivity index (χ4v) is 1.32. The van der Waals surface area contributed by atoms with Gasteiger partial charge in [0.25, 0.3) is 0 Å². The summed E-state index contributed by atoms with van der Waals surface area (Å²) in [4.78, 5) is 15.0. The minimum atomic E-state index is -1.03. The van der Waals surface area contributed by atoms with E-state index in [1.54, 1.807) is 26.0 Å². The molecule has 0 saturated heterocycles. The van der Waals surface area contributed by atoms with Crippen LogP contribution in [0.25, 0.3) is 0 Å². The molecule has 1 rings (SSSR count). The lowest BCUT2D eigenvalue weighted by atomic mass is 10.1. The van der Waals surface area contributed by atoms with Crippen LogP contribution in [0.3, 0.4) is 0 Å². The van der Waals surface area contributed by atoms with E-state index >= 15 is 0 Å². The maximum Gasteiger partial charge on any atom is 0.341 e. The molecule has 0 atom stereocenters. The molecule has 1 aromatic rings. The van der Waals surface area contributed by atoms with Crippen molar-refractivity contribution < 1.29 is 14.6 Å². The summed E-state index contributed by atoms with van der Waals surface area (Å²) >= 11 is 0. The number of ether oxygens (including phenoxy) is 1. The summed E-state index contributed by atoms with van der Waals surface area (Å²) < 4.78 is 5.27. The molecule has 0 saturated carbocycles. The number of hydrogen-bond donors (Lipinski definition) is 1. The Labute approximate surface area is 88.2 Å². The van der Waals surface area contributed by atoms with Crippen molar-refractivity contribution in [2.24, 2.45) is 0 Å². The van der Waals surface area contributed by atoms with Crippen molar-refractivity contribution in [3.8, 4) is 5.75 Å². The topological polar surface area (TPSA) is 59.4 Å². The number of aromatic nitrogens is 1. The van der Waals surface area contributed by atoms with Gasteiger partial charge in [-0.25, -0.2) is 4.79 Å².